The fourth-order valence-electron chi connectivity index (χ4n) is 2.38. The van der Waals surface area contributed by atoms with E-state index >= 15 is 0 Å². The van der Waals surface area contributed by atoms with Crippen molar-refractivity contribution < 1.29 is 9.94 Å². The van der Waals surface area contributed by atoms with Gasteiger partial charge in [-0.2, -0.15) is 0 Å². The molecule has 142 valence electrons. The van der Waals surface area contributed by atoms with Crippen LogP contribution in [-0.2, 0) is 4.84 Å². The van der Waals surface area contributed by atoms with Gasteiger partial charge in [0, 0.05) is 13.1 Å². The summed E-state index contributed by atoms with van der Waals surface area (Å²) < 4.78 is 1.42. The lowest BCUT2D eigenvalue weighted by molar-refractivity contribution is -0.0146. The van der Waals surface area contributed by atoms with Crippen LogP contribution in [0.2, 0.25) is 5.02 Å². The van der Waals surface area contributed by atoms with E-state index in [0.717, 1.165) is 24.8 Å². The maximum absolute atomic E-state index is 12.0. The Morgan fingerprint density at radius 2 is 1.85 bits per heavy atom. The van der Waals surface area contributed by atoms with Crippen molar-refractivity contribution in [3.63, 3.8) is 0 Å². The highest BCUT2D eigenvalue weighted by Gasteiger charge is 2.24. The molecular weight excluding hydrogens is 378 g/mol. The van der Waals surface area contributed by atoms with Crippen LogP contribution in [0.4, 0.5) is 17.1 Å². The first kappa shape index (κ1) is 20.6. The van der Waals surface area contributed by atoms with Gasteiger partial charge in [0.15, 0.2) is 5.75 Å². The van der Waals surface area contributed by atoms with Crippen LogP contribution in [0.5, 0.6) is 5.75 Å². The number of aromatic hydroxyl groups is 1. The lowest BCUT2D eigenvalue weighted by Crippen LogP contribution is -2.38. The predicted octanol–water partition coefficient (Wildman–Crippen LogP) is 3.49. The van der Waals surface area contributed by atoms with E-state index in [1.54, 1.807) is 19.2 Å². The molecule has 9 heteroatoms. The number of benzene rings is 1. The molecule has 0 amide bonds. The van der Waals surface area contributed by atoms with E-state index in [2.05, 4.69) is 10.6 Å². The maximum Gasteiger partial charge on any atom is 0.253 e. The zero-order valence-electron chi connectivity index (χ0n) is 15.1. The third kappa shape index (κ3) is 4.15. The number of nitrogens with one attached hydrogen (secondary N) is 2. The predicted molar refractivity (Wildman–Crippen MR) is 106 cm³/mol. The number of hydrogen-bond donors (Lipinski definition) is 3. The van der Waals surface area contributed by atoms with Crippen molar-refractivity contribution in [2.75, 3.05) is 24.8 Å². The summed E-state index contributed by atoms with van der Waals surface area (Å²) in [5, 5.41) is 16.8. The smallest absolute Gasteiger partial charge is 0.253 e. The van der Waals surface area contributed by atoms with Gasteiger partial charge in [0.25, 0.3) is 10.9 Å². The van der Waals surface area contributed by atoms with Gasteiger partial charge in [0.05, 0.1) is 22.7 Å². The first-order chi connectivity index (χ1) is 12.3. The number of hydroxylamine groups is 1. The van der Waals surface area contributed by atoms with Gasteiger partial charge in [-0.15, -0.1) is 4.47 Å². The molecule has 0 aromatic heterocycles. The Labute approximate surface area is 161 Å². The molecule has 2 aromatic carbocycles. The number of rotatable bonds is 9. The fourth-order valence-corrected chi connectivity index (χ4v) is 3.32. The second-order valence-corrected chi connectivity index (χ2v) is 7.19. The van der Waals surface area contributed by atoms with Gasteiger partial charge in [-0.3, -0.25) is 14.4 Å². The van der Waals surface area contributed by atoms with Gasteiger partial charge in [-0.05, 0) is 36.9 Å². The molecule has 2 rings (SSSR count). The molecule has 0 saturated carbocycles. The maximum atomic E-state index is 12.0. The molecule has 0 aliphatic heterocycles. The minimum Gasteiger partial charge on any atom is -0.505 e. The van der Waals surface area contributed by atoms with Gasteiger partial charge >= 0.3 is 0 Å². The third-order valence-electron chi connectivity index (χ3n) is 4.06. The summed E-state index contributed by atoms with van der Waals surface area (Å²) in [6, 6.07) is 3.24. The largest absolute Gasteiger partial charge is 0.505 e. The van der Waals surface area contributed by atoms with E-state index in [4.69, 9.17) is 16.4 Å². The standard InChI is InChI=1S/C17H22ClN3O4S/c1-5-9(6-2)19-12-13(16(24)15(12)23)20-11-8-7-10(18)17(14(11)22)26-21(3)25-4/h7-9,19-20,22H,5-6H2,1-4H3. The molecule has 0 aliphatic carbocycles. The highest BCUT2D eigenvalue weighted by Crippen LogP contribution is 2.42. The Bertz CT molecular complexity index is 847. The second kappa shape index (κ2) is 8.77. The molecule has 0 atom stereocenters. The molecule has 0 saturated heterocycles. The van der Waals surface area contributed by atoms with E-state index in [-0.39, 0.29) is 28.9 Å². The number of phenolic OH excluding ortho intramolecular Hbond substituents is 1. The Morgan fingerprint density at radius 3 is 2.42 bits per heavy atom. The topological polar surface area (TPSA) is 90.9 Å². The molecule has 26 heavy (non-hydrogen) atoms. The van der Waals surface area contributed by atoms with Crippen molar-refractivity contribution in [2.45, 2.75) is 37.6 Å². The van der Waals surface area contributed by atoms with Gasteiger partial charge in [0.2, 0.25) is 0 Å². The van der Waals surface area contributed by atoms with E-state index in [1.807, 2.05) is 13.8 Å². The van der Waals surface area contributed by atoms with Crippen LogP contribution in [0.1, 0.15) is 26.7 Å². The van der Waals surface area contributed by atoms with Crippen LogP contribution in [0, 0.1) is 0 Å². The Hall–Kier alpha value is -1.74. The summed E-state index contributed by atoms with van der Waals surface area (Å²) in [4.78, 5) is 29.3. The van der Waals surface area contributed by atoms with E-state index in [9.17, 15) is 14.7 Å². The normalized spacial score (nSPS) is 11.5. The van der Waals surface area contributed by atoms with Crippen LogP contribution in [-0.4, -0.2) is 29.8 Å². The van der Waals surface area contributed by atoms with Crippen LogP contribution >= 0.6 is 23.5 Å². The van der Waals surface area contributed by atoms with Crippen molar-refractivity contribution >= 4 is 40.6 Å². The first-order valence-electron chi connectivity index (χ1n) is 8.18. The molecule has 0 bridgehead atoms. The number of phenols is 1. The van der Waals surface area contributed by atoms with E-state index in [0.29, 0.717) is 9.92 Å². The van der Waals surface area contributed by atoms with Crippen LogP contribution < -0.4 is 21.5 Å². The number of halogens is 1. The molecular formula is C17H22ClN3O4S. The van der Waals surface area contributed by atoms with Gasteiger partial charge in [0.1, 0.15) is 11.4 Å². The van der Waals surface area contributed by atoms with Gasteiger partial charge in [-0.1, -0.05) is 25.4 Å². The summed E-state index contributed by atoms with van der Waals surface area (Å²) in [5.41, 5.74) is -0.490. The number of nitrogens with zero attached hydrogens (tertiary/aromatic N) is 1. The Kier molecular flexibility index (Phi) is 6.94. The van der Waals surface area contributed by atoms with E-state index < -0.39 is 10.9 Å². The van der Waals surface area contributed by atoms with Crippen molar-refractivity contribution in [2.24, 2.45) is 0 Å². The molecule has 0 radical (unpaired) electrons. The summed E-state index contributed by atoms with van der Waals surface area (Å²) in [7, 11) is 3.15. The minimum absolute atomic E-state index is 0.0964. The quantitative estimate of drug-likeness (QED) is 0.255. The first-order valence-corrected chi connectivity index (χ1v) is 9.33. The highest BCUT2D eigenvalue weighted by molar-refractivity contribution is 7.97. The lowest BCUT2D eigenvalue weighted by Gasteiger charge is -2.21. The monoisotopic (exact) mass is 399 g/mol. The zero-order chi connectivity index (χ0) is 19.4. The number of anilines is 3. The van der Waals surface area contributed by atoms with Gasteiger partial charge < -0.3 is 15.7 Å². The fraction of sp³-hybridized carbons (Fsp3) is 0.412. The molecule has 2 aromatic rings. The van der Waals surface area contributed by atoms with Crippen molar-refractivity contribution in [1.82, 2.24) is 4.47 Å². The number of hydrogen-bond acceptors (Lipinski definition) is 8. The van der Waals surface area contributed by atoms with Crippen LogP contribution in [0.15, 0.2) is 26.6 Å². The average Bonchev–Trinajstić information content (AvgIpc) is 2.65. The van der Waals surface area contributed by atoms with Gasteiger partial charge in [-0.25, -0.2) is 0 Å². The zero-order valence-corrected chi connectivity index (χ0v) is 16.6. The van der Waals surface area contributed by atoms with Crippen LogP contribution in [0.25, 0.3) is 0 Å². The molecule has 0 spiro atoms. The summed E-state index contributed by atoms with van der Waals surface area (Å²) >= 11 is 7.23. The Morgan fingerprint density at radius 1 is 1.23 bits per heavy atom. The van der Waals surface area contributed by atoms with Crippen molar-refractivity contribution in [3.8, 4) is 5.75 Å². The molecule has 0 fully saturated rings. The second-order valence-electron chi connectivity index (χ2n) is 5.68. The molecule has 0 unspecified atom stereocenters. The molecule has 0 heterocycles. The molecule has 0 aliphatic rings. The van der Waals surface area contributed by atoms with Crippen molar-refractivity contribution in [1.29, 1.82) is 0 Å². The van der Waals surface area contributed by atoms with Crippen LogP contribution in [0.3, 0.4) is 0 Å². The lowest BCUT2D eigenvalue weighted by atomic mass is 10.1. The third-order valence-corrected chi connectivity index (χ3v) is 5.49. The van der Waals surface area contributed by atoms with E-state index in [1.165, 1.54) is 11.6 Å². The summed E-state index contributed by atoms with van der Waals surface area (Å²) in [6.45, 7) is 4.00. The highest BCUT2D eigenvalue weighted by atomic mass is 35.5. The summed E-state index contributed by atoms with van der Waals surface area (Å²) in [5.74, 6) is -0.132. The molecule has 3 N–H and O–H groups in total. The van der Waals surface area contributed by atoms with Crippen molar-refractivity contribution in [3.05, 3.63) is 37.6 Å². The average molecular weight is 400 g/mol. The summed E-state index contributed by atoms with van der Waals surface area (Å²) in [6.07, 6.45) is 1.65. The minimum atomic E-state index is -0.615. The Balaban J connectivity index is 2.33. The molecule has 7 nitrogen and oxygen atoms in total. The SMILES string of the molecule is CCC(CC)Nc1c(Nc2ccc(Cl)c(SN(C)OC)c2O)c(=O)c1=O.